The van der Waals surface area contributed by atoms with Gasteiger partial charge in [-0.15, -0.1) is 0 Å². The van der Waals surface area contributed by atoms with Crippen molar-refractivity contribution >= 4 is 5.91 Å². The minimum atomic E-state index is -0.00683. The zero-order valence-electron chi connectivity index (χ0n) is 11.3. The van der Waals surface area contributed by atoms with Gasteiger partial charge >= 0.3 is 0 Å². The van der Waals surface area contributed by atoms with Gasteiger partial charge < -0.3 is 16.0 Å². The molecule has 0 unspecified atom stereocenters. The summed E-state index contributed by atoms with van der Waals surface area (Å²) < 4.78 is 0. The van der Waals surface area contributed by atoms with Gasteiger partial charge in [0.15, 0.2) is 0 Å². The van der Waals surface area contributed by atoms with Crippen LogP contribution in [0.15, 0.2) is 24.3 Å². The minimum Gasteiger partial charge on any atom is -0.352 e. The summed E-state index contributed by atoms with van der Waals surface area (Å²) in [5, 5.41) is 2.93. The van der Waals surface area contributed by atoms with Crippen LogP contribution in [-0.4, -0.2) is 44.5 Å². The predicted octanol–water partition coefficient (Wildman–Crippen LogP) is 0.869. The molecule has 1 aromatic carbocycles. The molecule has 0 aliphatic carbocycles. The van der Waals surface area contributed by atoms with Gasteiger partial charge in [-0.2, -0.15) is 0 Å². The lowest BCUT2D eigenvalue weighted by atomic mass is 10.1. The van der Waals surface area contributed by atoms with Crippen LogP contribution in [0.3, 0.4) is 0 Å². The third-order valence-corrected chi connectivity index (χ3v) is 2.69. The first-order valence-electron chi connectivity index (χ1n) is 6.35. The normalized spacial score (nSPS) is 10.7. The lowest BCUT2D eigenvalue weighted by Crippen LogP contribution is -2.27. The molecule has 0 aliphatic heterocycles. The Balaban J connectivity index is 2.43. The van der Waals surface area contributed by atoms with Gasteiger partial charge in [-0.1, -0.05) is 12.1 Å². The van der Waals surface area contributed by atoms with Gasteiger partial charge in [-0.05, 0) is 57.7 Å². The Morgan fingerprint density at radius 2 is 2.17 bits per heavy atom. The van der Waals surface area contributed by atoms with Crippen molar-refractivity contribution in [1.29, 1.82) is 0 Å². The topological polar surface area (TPSA) is 58.4 Å². The van der Waals surface area contributed by atoms with E-state index in [4.69, 9.17) is 5.73 Å². The van der Waals surface area contributed by atoms with Crippen LogP contribution in [-0.2, 0) is 6.42 Å². The van der Waals surface area contributed by atoms with E-state index in [0.29, 0.717) is 18.7 Å². The SMILES string of the molecule is CN(C)CCCNC(=O)c1cccc(CCN)c1. The van der Waals surface area contributed by atoms with Crippen molar-refractivity contribution in [3.05, 3.63) is 35.4 Å². The Bertz CT molecular complexity index is 377. The van der Waals surface area contributed by atoms with E-state index in [-0.39, 0.29) is 5.91 Å². The summed E-state index contributed by atoms with van der Waals surface area (Å²) in [6.07, 6.45) is 1.77. The number of rotatable bonds is 7. The molecule has 0 radical (unpaired) electrons. The summed E-state index contributed by atoms with van der Waals surface area (Å²) in [7, 11) is 4.05. The number of hydrogen-bond acceptors (Lipinski definition) is 3. The zero-order chi connectivity index (χ0) is 13.4. The monoisotopic (exact) mass is 249 g/mol. The molecule has 0 spiro atoms. The van der Waals surface area contributed by atoms with Crippen LogP contribution >= 0.6 is 0 Å². The molecule has 0 aliphatic rings. The molecule has 0 saturated carbocycles. The second-order valence-electron chi connectivity index (χ2n) is 4.65. The van der Waals surface area contributed by atoms with E-state index in [0.717, 1.165) is 24.9 Å². The van der Waals surface area contributed by atoms with E-state index in [1.165, 1.54) is 0 Å². The number of hydrogen-bond donors (Lipinski definition) is 2. The van der Waals surface area contributed by atoms with E-state index in [2.05, 4.69) is 10.2 Å². The van der Waals surface area contributed by atoms with Crippen LogP contribution in [0.5, 0.6) is 0 Å². The van der Waals surface area contributed by atoms with Crippen LogP contribution in [0, 0.1) is 0 Å². The van der Waals surface area contributed by atoms with Crippen molar-refractivity contribution in [3.8, 4) is 0 Å². The number of benzene rings is 1. The first-order valence-corrected chi connectivity index (χ1v) is 6.35. The standard InChI is InChI=1S/C14H23N3O/c1-17(2)10-4-9-16-14(18)13-6-3-5-12(11-13)7-8-15/h3,5-6,11H,4,7-10,15H2,1-2H3,(H,16,18). The van der Waals surface area contributed by atoms with Crippen molar-refractivity contribution in [2.45, 2.75) is 12.8 Å². The molecule has 4 nitrogen and oxygen atoms in total. The first-order chi connectivity index (χ1) is 8.63. The van der Waals surface area contributed by atoms with Gasteiger partial charge in [0, 0.05) is 12.1 Å². The minimum absolute atomic E-state index is 0.00683. The molecular weight excluding hydrogens is 226 g/mol. The summed E-state index contributed by atoms with van der Waals surface area (Å²) in [6, 6.07) is 7.64. The highest BCUT2D eigenvalue weighted by Gasteiger charge is 2.05. The second-order valence-corrected chi connectivity index (χ2v) is 4.65. The highest BCUT2D eigenvalue weighted by Crippen LogP contribution is 2.05. The average molecular weight is 249 g/mol. The fourth-order valence-electron chi connectivity index (χ4n) is 1.73. The Morgan fingerprint density at radius 1 is 1.39 bits per heavy atom. The molecule has 3 N–H and O–H groups in total. The molecular formula is C14H23N3O. The summed E-state index contributed by atoms with van der Waals surface area (Å²) in [5.74, 6) is -0.00683. The lowest BCUT2D eigenvalue weighted by molar-refractivity contribution is 0.0952. The van der Waals surface area contributed by atoms with E-state index in [1.807, 2.05) is 38.4 Å². The van der Waals surface area contributed by atoms with Crippen LogP contribution < -0.4 is 11.1 Å². The molecule has 0 saturated heterocycles. The summed E-state index contributed by atoms with van der Waals surface area (Å²) in [4.78, 5) is 14.0. The molecule has 18 heavy (non-hydrogen) atoms. The Hall–Kier alpha value is -1.39. The van der Waals surface area contributed by atoms with Crippen LogP contribution in [0.4, 0.5) is 0 Å². The molecule has 100 valence electrons. The maximum atomic E-state index is 11.9. The van der Waals surface area contributed by atoms with Crippen molar-refractivity contribution in [3.63, 3.8) is 0 Å². The van der Waals surface area contributed by atoms with Crippen LogP contribution in [0.1, 0.15) is 22.3 Å². The second kappa shape index (κ2) is 7.84. The van der Waals surface area contributed by atoms with Crippen LogP contribution in [0.25, 0.3) is 0 Å². The van der Waals surface area contributed by atoms with Crippen molar-refractivity contribution in [2.24, 2.45) is 5.73 Å². The predicted molar refractivity (Wildman–Crippen MR) is 74.7 cm³/mol. The van der Waals surface area contributed by atoms with Gasteiger partial charge in [0.25, 0.3) is 5.91 Å². The zero-order valence-corrected chi connectivity index (χ0v) is 11.3. The molecule has 0 fully saturated rings. The molecule has 0 aromatic heterocycles. The summed E-state index contributed by atoms with van der Waals surface area (Å²) in [6.45, 7) is 2.29. The number of nitrogens with two attached hydrogens (primary N) is 1. The molecule has 0 bridgehead atoms. The largest absolute Gasteiger partial charge is 0.352 e. The third kappa shape index (κ3) is 5.29. The smallest absolute Gasteiger partial charge is 0.251 e. The first kappa shape index (κ1) is 14.7. The molecule has 4 heteroatoms. The highest BCUT2D eigenvalue weighted by atomic mass is 16.1. The van der Waals surface area contributed by atoms with Crippen molar-refractivity contribution in [1.82, 2.24) is 10.2 Å². The molecule has 1 aromatic rings. The summed E-state index contributed by atoms with van der Waals surface area (Å²) >= 11 is 0. The van der Waals surface area contributed by atoms with Gasteiger partial charge in [0.1, 0.15) is 0 Å². The maximum Gasteiger partial charge on any atom is 0.251 e. The number of carbonyl (C=O) groups is 1. The van der Waals surface area contributed by atoms with Crippen molar-refractivity contribution < 1.29 is 4.79 Å². The fraction of sp³-hybridized carbons (Fsp3) is 0.500. The van der Waals surface area contributed by atoms with Gasteiger partial charge in [-0.3, -0.25) is 4.79 Å². The average Bonchev–Trinajstić information content (AvgIpc) is 2.35. The van der Waals surface area contributed by atoms with Crippen molar-refractivity contribution in [2.75, 3.05) is 33.7 Å². The fourth-order valence-corrected chi connectivity index (χ4v) is 1.73. The number of carbonyl (C=O) groups excluding carboxylic acids is 1. The van der Waals surface area contributed by atoms with Crippen LogP contribution in [0.2, 0.25) is 0 Å². The molecule has 0 atom stereocenters. The highest BCUT2D eigenvalue weighted by molar-refractivity contribution is 5.94. The van der Waals surface area contributed by atoms with E-state index in [1.54, 1.807) is 0 Å². The number of nitrogens with zero attached hydrogens (tertiary/aromatic N) is 1. The van der Waals surface area contributed by atoms with Gasteiger partial charge in [-0.25, -0.2) is 0 Å². The van der Waals surface area contributed by atoms with Gasteiger partial charge in [0.05, 0.1) is 0 Å². The van der Waals surface area contributed by atoms with E-state index in [9.17, 15) is 4.79 Å². The lowest BCUT2D eigenvalue weighted by Gasteiger charge is -2.10. The Kier molecular flexibility index (Phi) is 6.39. The summed E-state index contributed by atoms with van der Waals surface area (Å²) in [5.41, 5.74) is 7.33. The third-order valence-electron chi connectivity index (χ3n) is 2.69. The quantitative estimate of drug-likeness (QED) is 0.705. The van der Waals surface area contributed by atoms with E-state index >= 15 is 0 Å². The maximum absolute atomic E-state index is 11.9. The van der Waals surface area contributed by atoms with E-state index < -0.39 is 0 Å². The van der Waals surface area contributed by atoms with Gasteiger partial charge in [0.2, 0.25) is 0 Å². The number of nitrogens with one attached hydrogen (secondary N) is 1. The Morgan fingerprint density at radius 3 is 2.83 bits per heavy atom. The molecule has 1 rings (SSSR count). The Labute approximate surface area is 109 Å². The number of amides is 1. The molecule has 1 amide bonds. The molecule has 0 heterocycles.